The summed E-state index contributed by atoms with van der Waals surface area (Å²) in [5.41, 5.74) is 0. The minimum atomic E-state index is -0.391. The van der Waals surface area contributed by atoms with Crippen LogP contribution in [0.3, 0.4) is 0 Å². The lowest BCUT2D eigenvalue weighted by Crippen LogP contribution is -2.36. The molecule has 2 radical (unpaired) electrons. The molecule has 0 aromatic heterocycles. The maximum absolute atomic E-state index is 11.0. The zero-order valence-corrected chi connectivity index (χ0v) is 6.54. The first-order chi connectivity index (χ1) is 5.25. The van der Waals surface area contributed by atoms with Crippen LogP contribution in [0.25, 0.3) is 0 Å². The van der Waals surface area contributed by atoms with Crippen LogP contribution in [0.2, 0.25) is 0 Å². The molecule has 4 nitrogen and oxygen atoms in total. The van der Waals surface area contributed by atoms with Gasteiger partial charge in [-0.25, -0.2) is 10.2 Å². The van der Waals surface area contributed by atoms with E-state index in [0.717, 1.165) is 19.4 Å². The summed E-state index contributed by atoms with van der Waals surface area (Å²) in [6.07, 6.45) is 1.69. The molecule has 5 heteroatoms. The van der Waals surface area contributed by atoms with Crippen molar-refractivity contribution in [3.05, 3.63) is 0 Å². The Labute approximate surface area is 67.3 Å². The second-order valence-corrected chi connectivity index (χ2v) is 2.67. The van der Waals surface area contributed by atoms with E-state index in [4.69, 9.17) is 7.98 Å². The van der Waals surface area contributed by atoms with Crippen molar-refractivity contribution in [2.75, 3.05) is 6.54 Å². The van der Waals surface area contributed by atoms with Crippen LogP contribution in [0.4, 0.5) is 4.79 Å². The standard InChI is InChI=1S/C6H11BN2O2/c1-5-3-2-4-9(5)6(10)11-8-7/h5,8H,2-4H2,1H3. The molecule has 1 fully saturated rings. The van der Waals surface area contributed by atoms with Gasteiger partial charge < -0.3 is 9.74 Å². The molecule has 1 N–H and O–H groups in total. The lowest BCUT2D eigenvalue weighted by Gasteiger charge is -2.19. The quantitative estimate of drug-likeness (QED) is 0.433. The fourth-order valence-electron chi connectivity index (χ4n) is 1.31. The Kier molecular flexibility index (Phi) is 2.76. The predicted octanol–water partition coefficient (Wildman–Crippen LogP) is 0.195. The van der Waals surface area contributed by atoms with Crippen molar-refractivity contribution < 1.29 is 9.63 Å². The monoisotopic (exact) mass is 154 g/mol. The molecule has 0 bridgehead atoms. The van der Waals surface area contributed by atoms with Crippen LogP contribution in [-0.4, -0.2) is 31.6 Å². The molecule has 1 amide bonds. The van der Waals surface area contributed by atoms with Crippen molar-refractivity contribution in [1.82, 2.24) is 10.3 Å². The summed E-state index contributed by atoms with van der Waals surface area (Å²) < 4.78 is 0. The second-order valence-electron chi connectivity index (χ2n) is 2.67. The Balaban J connectivity index is 2.39. The molecule has 60 valence electrons. The lowest BCUT2D eigenvalue weighted by molar-refractivity contribution is 0.0828. The zero-order valence-electron chi connectivity index (χ0n) is 6.54. The van der Waals surface area contributed by atoms with E-state index in [1.807, 2.05) is 12.3 Å². The largest absolute Gasteiger partial charge is 0.427 e. The van der Waals surface area contributed by atoms with E-state index in [2.05, 4.69) is 4.84 Å². The van der Waals surface area contributed by atoms with Crippen molar-refractivity contribution in [2.24, 2.45) is 0 Å². The highest BCUT2D eigenvalue weighted by molar-refractivity contribution is 6.03. The number of carbonyl (C=O) groups excluding carboxylic acids is 1. The van der Waals surface area contributed by atoms with Crippen LogP contribution in [0.1, 0.15) is 19.8 Å². The maximum Gasteiger partial charge on any atom is 0.427 e. The fourth-order valence-corrected chi connectivity index (χ4v) is 1.31. The summed E-state index contributed by atoms with van der Waals surface area (Å²) in [6.45, 7) is 2.76. The molecule has 0 aliphatic carbocycles. The van der Waals surface area contributed by atoms with Gasteiger partial charge in [-0.3, -0.25) is 0 Å². The van der Waals surface area contributed by atoms with Crippen LogP contribution >= 0.6 is 0 Å². The van der Waals surface area contributed by atoms with Crippen molar-refractivity contribution in [2.45, 2.75) is 25.8 Å². The molecule has 0 aromatic rings. The summed E-state index contributed by atoms with van der Waals surface area (Å²) in [7, 11) is 4.82. The Morgan fingerprint density at radius 1 is 1.82 bits per heavy atom. The summed E-state index contributed by atoms with van der Waals surface area (Å²) in [6, 6.07) is 0.274. The molecule has 1 unspecified atom stereocenters. The summed E-state index contributed by atoms with van der Waals surface area (Å²) in [5.74, 6) is 0. The van der Waals surface area contributed by atoms with Gasteiger partial charge in [-0.15, -0.1) is 0 Å². The number of hydrogen-bond donors (Lipinski definition) is 1. The number of amides is 1. The highest BCUT2D eigenvalue weighted by atomic mass is 16.7. The van der Waals surface area contributed by atoms with Crippen molar-refractivity contribution >= 4 is 14.1 Å². The third kappa shape index (κ3) is 1.86. The average molecular weight is 154 g/mol. The number of nitrogens with zero attached hydrogens (tertiary/aromatic N) is 1. The van der Waals surface area contributed by atoms with Crippen LogP contribution < -0.4 is 5.39 Å². The summed E-state index contributed by atoms with van der Waals surface area (Å²) in [4.78, 5) is 17.1. The van der Waals surface area contributed by atoms with Gasteiger partial charge in [0.2, 0.25) is 7.98 Å². The molecule has 1 aliphatic rings. The minimum absolute atomic E-state index is 0.274. The van der Waals surface area contributed by atoms with E-state index in [1.54, 1.807) is 4.90 Å². The minimum Gasteiger partial charge on any atom is -0.367 e. The van der Waals surface area contributed by atoms with E-state index in [9.17, 15) is 4.79 Å². The van der Waals surface area contributed by atoms with Crippen molar-refractivity contribution in [1.29, 1.82) is 0 Å². The molecule has 1 rings (SSSR count). The topological polar surface area (TPSA) is 41.6 Å². The number of hydrogen-bond acceptors (Lipinski definition) is 3. The van der Waals surface area contributed by atoms with Gasteiger partial charge in [0, 0.05) is 12.6 Å². The van der Waals surface area contributed by atoms with Crippen molar-refractivity contribution in [3.63, 3.8) is 0 Å². The highest BCUT2D eigenvalue weighted by Gasteiger charge is 2.25. The first kappa shape index (κ1) is 8.39. The van der Waals surface area contributed by atoms with Crippen LogP contribution in [0.5, 0.6) is 0 Å². The van der Waals surface area contributed by atoms with Gasteiger partial charge in [0.1, 0.15) is 0 Å². The molecule has 0 aromatic carbocycles. The van der Waals surface area contributed by atoms with Crippen molar-refractivity contribution in [3.8, 4) is 0 Å². The van der Waals surface area contributed by atoms with Gasteiger partial charge in [0.25, 0.3) is 0 Å². The Hall–Kier alpha value is -0.705. The zero-order chi connectivity index (χ0) is 8.27. The van der Waals surface area contributed by atoms with Gasteiger partial charge >= 0.3 is 6.09 Å². The Morgan fingerprint density at radius 3 is 3.00 bits per heavy atom. The third-order valence-corrected chi connectivity index (χ3v) is 1.93. The Morgan fingerprint density at radius 2 is 2.55 bits per heavy atom. The molecular weight excluding hydrogens is 143 g/mol. The maximum atomic E-state index is 11.0. The van der Waals surface area contributed by atoms with Gasteiger partial charge in [-0.2, -0.15) is 0 Å². The Bertz CT molecular complexity index is 154. The van der Waals surface area contributed by atoms with E-state index in [-0.39, 0.29) is 6.04 Å². The van der Waals surface area contributed by atoms with E-state index in [1.165, 1.54) is 0 Å². The molecule has 1 heterocycles. The van der Waals surface area contributed by atoms with Gasteiger partial charge in [-0.05, 0) is 19.8 Å². The first-order valence-corrected chi connectivity index (χ1v) is 3.68. The van der Waals surface area contributed by atoms with Gasteiger partial charge in [0.15, 0.2) is 0 Å². The molecule has 1 saturated heterocycles. The van der Waals surface area contributed by atoms with E-state index in [0.29, 0.717) is 0 Å². The number of nitrogens with one attached hydrogen (secondary N) is 1. The molecule has 0 spiro atoms. The van der Waals surface area contributed by atoms with Crippen LogP contribution in [-0.2, 0) is 4.84 Å². The van der Waals surface area contributed by atoms with Crippen LogP contribution in [0, 0.1) is 0 Å². The smallest absolute Gasteiger partial charge is 0.367 e. The normalized spacial score (nSPS) is 23.7. The predicted molar refractivity (Wildman–Crippen MR) is 40.8 cm³/mol. The summed E-state index contributed by atoms with van der Waals surface area (Å²) in [5, 5.41) is 1.87. The van der Waals surface area contributed by atoms with Gasteiger partial charge in [-0.1, -0.05) is 0 Å². The third-order valence-electron chi connectivity index (χ3n) is 1.93. The highest BCUT2D eigenvalue weighted by Crippen LogP contribution is 2.16. The number of likely N-dealkylation sites (tertiary alicyclic amines) is 1. The SMILES string of the molecule is [B]NOC(=O)N1CCCC1C. The van der Waals surface area contributed by atoms with Crippen LogP contribution in [0.15, 0.2) is 0 Å². The second kappa shape index (κ2) is 3.62. The van der Waals surface area contributed by atoms with E-state index >= 15 is 0 Å². The van der Waals surface area contributed by atoms with Gasteiger partial charge in [0.05, 0.1) is 0 Å². The molecule has 0 saturated carbocycles. The molecule has 1 aliphatic heterocycles. The molecule has 1 atom stereocenters. The average Bonchev–Trinajstić information content (AvgIpc) is 2.36. The first-order valence-electron chi connectivity index (χ1n) is 3.68. The van der Waals surface area contributed by atoms with E-state index < -0.39 is 6.09 Å². The lowest BCUT2D eigenvalue weighted by atomic mass is 10.2. The number of carbonyl (C=O) groups is 1. The molecule has 11 heavy (non-hydrogen) atoms. The number of rotatable bonds is 1. The fraction of sp³-hybridized carbons (Fsp3) is 0.833. The molecular formula is C6H11BN2O2. The summed E-state index contributed by atoms with van der Waals surface area (Å²) >= 11 is 0.